The van der Waals surface area contributed by atoms with Gasteiger partial charge in [-0.05, 0) is 0 Å². The van der Waals surface area contributed by atoms with E-state index < -0.39 is 0 Å². The second-order valence-corrected chi connectivity index (χ2v) is 8.29. The fourth-order valence-corrected chi connectivity index (χ4v) is 4.23. The molecular formula is C15H33NSe. The maximum atomic E-state index is 3.24. The van der Waals surface area contributed by atoms with Crippen LogP contribution in [0.25, 0.3) is 0 Å². The Labute approximate surface area is 116 Å². The van der Waals surface area contributed by atoms with Crippen LogP contribution in [-0.2, 0) is 0 Å². The van der Waals surface area contributed by atoms with Crippen LogP contribution in [0.3, 0.4) is 0 Å². The molecule has 0 rings (SSSR count). The summed E-state index contributed by atoms with van der Waals surface area (Å²) in [5.74, 6) is 0. The summed E-state index contributed by atoms with van der Waals surface area (Å²) in [6.45, 7) is 5.94. The van der Waals surface area contributed by atoms with Crippen molar-refractivity contribution in [1.82, 2.24) is 5.32 Å². The maximum absolute atomic E-state index is 3.24. The van der Waals surface area contributed by atoms with Gasteiger partial charge in [-0.3, -0.25) is 0 Å². The van der Waals surface area contributed by atoms with Gasteiger partial charge in [-0.1, -0.05) is 0 Å². The van der Waals surface area contributed by atoms with Crippen molar-refractivity contribution >= 4 is 15.0 Å². The summed E-state index contributed by atoms with van der Waals surface area (Å²) in [5.41, 5.74) is 0. The van der Waals surface area contributed by atoms with Crippen molar-refractivity contribution in [3.63, 3.8) is 0 Å². The van der Waals surface area contributed by atoms with Crippen molar-refractivity contribution in [2.45, 2.75) is 81.8 Å². The minimum atomic E-state index is 0.865. The van der Waals surface area contributed by atoms with Gasteiger partial charge in [-0.25, -0.2) is 0 Å². The van der Waals surface area contributed by atoms with Crippen molar-refractivity contribution < 1.29 is 0 Å². The summed E-state index contributed by atoms with van der Waals surface area (Å²) in [5, 5.41) is 4.64. The van der Waals surface area contributed by atoms with Gasteiger partial charge in [0.15, 0.2) is 0 Å². The van der Waals surface area contributed by atoms with Gasteiger partial charge in [-0.2, -0.15) is 0 Å². The first kappa shape index (κ1) is 17.5. The molecule has 2 heteroatoms. The third-order valence-corrected chi connectivity index (χ3v) is 5.83. The molecule has 0 saturated heterocycles. The molecule has 0 spiro atoms. The molecular weight excluding hydrogens is 273 g/mol. The Balaban J connectivity index is 3.05. The first-order valence-corrected chi connectivity index (χ1v) is 9.77. The molecule has 17 heavy (non-hydrogen) atoms. The molecule has 0 radical (unpaired) electrons. The summed E-state index contributed by atoms with van der Waals surface area (Å²) in [4.78, 5) is 0.996. The number of unbranched alkanes of at least 4 members (excludes halogenated alkanes) is 7. The minimum absolute atomic E-state index is 0.865. The van der Waals surface area contributed by atoms with Crippen molar-refractivity contribution in [3.8, 4) is 0 Å². The average molecular weight is 306 g/mol. The molecule has 0 aliphatic rings. The summed E-state index contributed by atoms with van der Waals surface area (Å²) in [6.07, 6.45) is 13.1. The fraction of sp³-hybridized carbons (Fsp3) is 1.00. The molecule has 1 N–H and O–H groups in total. The van der Waals surface area contributed by atoms with Gasteiger partial charge in [0, 0.05) is 0 Å². The van der Waals surface area contributed by atoms with Crippen molar-refractivity contribution in [3.05, 3.63) is 0 Å². The quantitative estimate of drug-likeness (QED) is 0.385. The monoisotopic (exact) mass is 307 g/mol. The van der Waals surface area contributed by atoms with Crippen LogP contribution >= 0.6 is 0 Å². The second-order valence-electron chi connectivity index (χ2n) is 5.05. The number of rotatable bonds is 13. The average Bonchev–Trinajstić information content (AvgIpc) is 2.33. The second kappa shape index (κ2) is 14.5. The molecule has 104 valence electrons. The third-order valence-electron chi connectivity index (χ3n) is 3.22. The van der Waals surface area contributed by atoms with Crippen LogP contribution in [0.4, 0.5) is 0 Å². The Morgan fingerprint density at radius 1 is 0.941 bits per heavy atom. The predicted octanol–water partition coefficient (Wildman–Crippen LogP) is 4.67. The Morgan fingerprint density at radius 3 is 2.12 bits per heavy atom. The molecule has 0 heterocycles. The Morgan fingerprint density at radius 2 is 1.53 bits per heavy atom. The van der Waals surface area contributed by atoms with Gasteiger partial charge in [0.25, 0.3) is 0 Å². The summed E-state index contributed by atoms with van der Waals surface area (Å²) >= 11 is 0.865. The first-order chi connectivity index (χ1) is 8.31. The van der Waals surface area contributed by atoms with Crippen LogP contribution in [-0.4, -0.2) is 28.5 Å². The summed E-state index contributed by atoms with van der Waals surface area (Å²) in [6, 6.07) is 0. The molecule has 0 bridgehead atoms. The van der Waals surface area contributed by atoms with Crippen molar-refractivity contribution in [1.29, 1.82) is 0 Å². The van der Waals surface area contributed by atoms with Gasteiger partial charge in [0.2, 0.25) is 0 Å². The van der Waals surface area contributed by atoms with Crippen molar-refractivity contribution in [2.75, 3.05) is 13.6 Å². The Hall–Kier alpha value is 0.479. The molecule has 1 atom stereocenters. The van der Waals surface area contributed by atoms with Gasteiger partial charge >= 0.3 is 116 Å². The van der Waals surface area contributed by atoms with E-state index in [2.05, 4.69) is 26.2 Å². The van der Waals surface area contributed by atoms with Gasteiger partial charge < -0.3 is 0 Å². The zero-order chi connectivity index (χ0) is 12.8. The van der Waals surface area contributed by atoms with E-state index in [-0.39, 0.29) is 0 Å². The molecule has 0 aromatic rings. The van der Waals surface area contributed by atoms with E-state index in [0.717, 1.165) is 19.8 Å². The Kier molecular flexibility index (Phi) is 15.0. The molecule has 0 fully saturated rings. The van der Waals surface area contributed by atoms with E-state index >= 15 is 0 Å². The topological polar surface area (TPSA) is 12.0 Å². The van der Waals surface area contributed by atoms with Crippen LogP contribution in [0.2, 0.25) is 10.1 Å². The van der Waals surface area contributed by atoms with E-state index in [1.165, 1.54) is 69.7 Å². The molecule has 1 nitrogen and oxygen atoms in total. The number of hydrogen-bond donors (Lipinski definition) is 1. The first-order valence-electron chi connectivity index (χ1n) is 7.57. The van der Waals surface area contributed by atoms with E-state index in [1.54, 1.807) is 0 Å². The molecule has 0 saturated carbocycles. The van der Waals surface area contributed by atoms with E-state index in [0.29, 0.717) is 0 Å². The standard InChI is InChI=1S/C15H33NSe/c1-4-5-6-7-8-9-10-11-12-15(2)17-14-13-16-3/h15-16H,4-14H2,1-3H3. The zero-order valence-corrected chi connectivity index (χ0v) is 14.0. The van der Waals surface area contributed by atoms with Crippen molar-refractivity contribution in [2.24, 2.45) is 0 Å². The molecule has 0 aliphatic heterocycles. The molecule has 0 aromatic heterocycles. The molecule has 0 aromatic carbocycles. The van der Waals surface area contributed by atoms with Gasteiger partial charge in [0.1, 0.15) is 0 Å². The molecule has 1 unspecified atom stereocenters. The van der Waals surface area contributed by atoms with Crippen LogP contribution in [0.1, 0.15) is 71.6 Å². The van der Waals surface area contributed by atoms with E-state index in [4.69, 9.17) is 0 Å². The molecule has 0 aliphatic carbocycles. The van der Waals surface area contributed by atoms with Crippen LogP contribution < -0.4 is 5.32 Å². The Bertz CT molecular complexity index is 139. The SMILES string of the molecule is CCCCCCCCCCC(C)[Se]CCNC. The molecule has 0 amide bonds. The van der Waals surface area contributed by atoms with Crippen LogP contribution in [0.5, 0.6) is 0 Å². The normalized spacial score (nSPS) is 12.9. The zero-order valence-electron chi connectivity index (χ0n) is 12.3. The predicted molar refractivity (Wildman–Crippen MR) is 81.1 cm³/mol. The fourth-order valence-electron chi connectivity index (χ4n) is 2.01. The third kappa shape index (κ3) is 14.4. The summed E-state index contributed by atoms with van der Waals surface area (Å²) < 4.78 is 0. The van der Waals surface area contributed by atoms with Gasteiger partial charge in [-0.15, -0.1) is 0 Å². The van der Waals surface area contributed by atoms with Crippen LogP contribution in [0, 0.1) is 0 Å². The van der Waals surface area contributed by atoms with Crippen LogP contribution in [0.15, 0.2) is 0 Å². The van der Waals surface area contributed by atoms with E-state index in [1.807, 2.05) is 0 Å². The number of nitrogens with one attached hydrogen (secondary N) is 1. The van der Waals surface area contributed by atoms with E-state index in [9.17, 15) is 0 Å². The summed E-state index contributed by atoms with van der Waals surface area (Å²) in [7, 11) is 2.05. The number of hydrogen-bond acceptors (Lipinski definition) is 1. The van der Waals surface area contributed by atoms with Gasteiger partial charge in [0.05, 0.1) is 0 Å².